The second-order valence-electron chi connectivity index (χ2n) is 4.38. The molecular weight excluding hydrogens is 304 g/mol. The van der Waals surface area contributed by atoms with Gasteiger partial charge in [-0.15, -0.1) is 0 Å². The Balaban J connectivity index is 2.17. The van der Waals surface area contributed by atoms with Crippen LogP contribution in [-0.2, 0) is 27.9 Å². The van der Waals surface area contributed by atoms with Crippen LogP contribution in [-0.4, -0.2) is 55.9 Å². The average molecular weight is 320 g/mol. The van der Waals surface area contributed by atoms with E-state index in [0.717, 1.165) is 10.6 Å². The van der Waals surface area contributed by atoms with Crippen molar-refractivity contribution in [1.29, 1.82) is 0 Å². The topological polar surface area (TPSA) is 91.8 Å². The van der Waals surface area contributed by atoms with E-state index in [1.54, 1.807) is 0 Å². The average Bonchev–Trinajstić information content (AvgIpc) is 2.79. The van der Waals surface area contributed by atoms with Crippen molar-refractivity contribution in [3.63, 3.8) is 0 Å². The van der Waals surface area contributed by atoms with E-state index in [-0.39, 0.29) is 6.54 Å². The van der Waals surface area contributed by atoms with E-state index in [0.29, 0.717) is 18.1 Å². The highest BCUT2D eigenvalue weighted by Crippen LogP contribution is 2.29. The van der Waals surface area contributed by atoms with Crippen molar-refractivity contribution in [2.45, 2.75) is 13.0 Å². The fourth-order valence-corrected chi connectivity index (χ4v) is 3.96. The predicted molar refractivity (Wildman–Crippen MR) is 74.9 cm³/mol. The van der Waals surface area contributed by atoms with E-state index in [1.165, 1.54) is 41.2 Å². The van der Waals surface area contributed by atoms with E-state index in [4.69, 9.17) is 0 Å². The van der Waals surface area contributed by atoms with Crippen molar-refractivity contribution in [3.05, 3.63) is 10.6 Å². The summed E-state index contributed by atoms with van der Waals surface area (Å²) in [5.41, 5.74) is 0.826. The Bertz CT molecular complexity index is 611. The van der Waals surface area contributed by atoms with Crippen LogP contribution in [0, 0.1) is 0 Å². The minimum atomic E-state index is -3.43. The molecule has 1 aliphatic heterocycles. The molecule has 1 amide bonds. The normalized spacial score (nSPS) is 16.0. The molecule has 0 aliphatic carbocycles. The van der Waals surface area contributed by atoms with Crippen molar-refractivity contribution < 1.29 is 17.9 Å². The lowest BCUT2D eigenvalue weighted by Gasteiger charge is -2.27. The summed E-state index contributed by atoms with van der Waals surface area (Å²) >= 11 is 1.26. The van der Waals surface area contributed by atoms with E-state index < -0.39 is 16.3 Å². The maximum absolute atomic E-state index is 12.1. The summed E-state index contributed by atoms with van der Waals surface area (Å²) in [6, 6.07) is 0. The number of hydrogen-bond acceptors (Lipinski definition) is 6. The van der Waals surface area contributed by atoms with Crippen LogP contribution in [0.25, 0.3) is 0 Å². The number of thiazole rings is 1. The van der Waals surface area contributed by atoms with Crippen LogP contribution in [0.1, 0.15) is 10.6 Å². The number of anilines is 1. The van der Waals surface area contributed by atoms with Crippen molar-refractivity contribution in [2.75, 3.05) is 33.1 Å². The molecule has 1 N–H and O–H groups in total. The largest absolute Gasteiger partial charge is 0.453 e. The molecule has 0 saturated carbocycles. The summed E-state index contributed by atoms with van der Waals surface area (Å²) in [4.78, 5) is 16.2. The smallest absolute Gasteiger partial charge is 0.413 e. The molecule has 0 unspecified atom stereocenters. The van der Waals surface area contributed by atoms with Gasteiger partial charge in [-0.25, -0.2) is 9.78 Å². The minimum Gasteiger partial charge on any atom is -0.453 e. The highest BCUT2D eigenvalue weighted by atomic mass is 32.2. The van der Waals surface area contributed by atoms with Gasteiger partial charge in [0.15, 0.2) is 5.13 Å². The lowest BCUT2D eigenvalue weighted by atomic mass is 10.2. The summed E-state index contributed by atoms with van der Waals surface area (Å²) in [6.45, 7) is 0.658. The van der Waals surface area contributed by atoms with E-state index in [1.807, 2.05) is 0 Å². The second kappa shape index (κ2) is 5.64. The number of nitrogens with zero attached hydrogens (tertiary/aromatic N) is 3. The van der Waals surface area contributed by atoms with Crippen LogP contribution in [0.5, 0.6) is 0 Å². The van der Waals surface area contributed by atoms with Gasteiger partial charge in [0.25, 0.3) is 10.2 Å². The Morgan fingerprint density at radius 1 is 1.50 bits per heavy atom. The van der Waals surface area contributed by atoms with E-state index >= 15 is 0 Å². The minimum absolute atomic E-state index is 0.274. The molecule has 112 valence electrons. The van der Waals surface area contributed by atoms with Gasteiger partial charge in [0, 0.05) is 31.9 Å². The zero-order chi connectivity index (χ0) is 14.9. The molecular formula is C10H16N4O4S2. The lowest BCUT2D eigenvalue weighted by molar-refractivity contribution is 0.187. The number of carbonyl (C=O) groups is 1. The first-order valence-corrected chi connectivity index (χ1v) is 8.07. The van der Waals surface area contributed by atoms with Crippen molar-refractivity contribution in [3.8, 4) is 0 Å². The molecule has 0 atom stereocenters. The van der Waals surface area contributed by atoms with Gasteiger partial charge in [-0.3, -0.25) is 5.32 Å². The molecule has 2 heterocycles. The van der Waals surface area contributed by atoms with Crippen molar-refractivity contribution >= 4 is 32.8 Å². The van der Waals surface area contributed by atoms with Gasteiger partial charge in [0.05, 0.1) is 19.3 Å². The molecule has 1 aromatic rings. The Morgan fingerprint density at radius 2 is 2.20 bits per heavy atom. The maximum atomic E-state index is 12.1. The van der Waals surface area contributed by atoms with Gasteiger partial charge in [-0.2, -0.15) is 17.0 Å². The summed E-state index contributed by atoms with van der Waals surface area (Å²) in [6.07, 6.45) is -0.0595. The third-order valence-corrected chi connectivity index (χ3v) is 5.76. The van der Waals surface area contributed by atoms with Crippen LogP contribution in [0.15, 0.2) is 0 Å². The fraction of sp³-hybridized carbons (Fsp3) is 0.600. The molecule has 20 heavy (non-hydrogen) atoms. The molecule has 2 rings (SSSR count). The first-order valence-electron chi connectivity index (χ1n) is 5.85. The van der Waals surface area contributed by atoms with Crippen LogP contribution in [0.4, 0.5) is 9.93 Å². The SMILES string of the molecule is COC(=O)Nc1nc2c(s1)CN(S(=O)(=O)N(C)C)CC2. The number of aromatic nitrogens is 1. The molecule has 0 spiro atoms. The third-order valence-electron chi connectivity index (χ3n) is 2.88. The highest BCUT2D eigenvalue weighted by Gasteiger charge is 2.30. The second-order valence-corrected chi connectivity index (χ2v) is 7.61. The van der Waals surface area contributed by atoms with Gasteiger partial charge in [-0.05, 0) is 0 Å². The molecule has 1 aromatic heterocycles. The van der Waals surface area contributed by atoms with Gasteiger partial charge < -0.3 is 4.74 Å². The Kier molecular flexibility index (Phi) is 4.28. The Labute approximate surface area is 121 Å². The Morgan fingerprint density at radius 3 is 2.80 bits per heavy atom. The molecule has 0 fully saturated rings. The fourth-order valence-electron chi connectivity index (χ4n) is 1.79. The predicted octanol–water partition coefficient (Wildman–Crippen LogP) is 0.486. The standard InChI is InChI=1S/C10H16N4O4S2/c1-13(2)20(16,17)14-5-4-7-8(6-14)19-9(11-7)12-10(15)18-3/h4-6H2,1-3H3,(H,11,12,15). The molecule has 10 heteroatoms. The molecule has 8 nitrogen and oxygen atoms in total. The summed E-state index contributed by atoms with van der Waals surface area (Å²) in [7, 11) is 0.848. The molecule has 0 radical (unpaired) electrons. The molecule has 0 bridgehead atoms. The Hall–Kier alpha value is -1.23. The van der Waals surface area contributed by atoms with Crippen LogP contribution in [0.2, 0.25) is 0 Å². The summed E-state index contributed by atoms with van der Waals surface area (Å²) < 4.78 is 31.2. The number of hydrogen-bond donors (Lipinski definition) is 1. The van der Waals surface area contributed by atoms with E-state index in [9.17, 15) is 13.2 Å². The zero-order valence-electron chi connectivity index (χ0n) is 11.4. The van der Waals surface area contributed by atoms with Crippen LogP contribution in [0.3, 0.4) is 0 Å². The zero-order valence-corrected chi connectivity index (χ0v) is 13.0. The number of ether oxygens (including phenoxy) is 1. The molecule has 0 aromatic carbocycles. The number of rotatable bonds is 3. The van der Waals surface area contributed by atoms with Gasteiger partial charge >= 0.3 is 6.09 Å². The summed E-state index contributed by atoms with van der Waals surface area (Å²) in [5.74, 6) is 0. The monoisotopic (exact) mass is 320 g/mol. The van der Waals surface area contributed by atoms with Crippen molar-refractivity contribution in [2.24, 2.45) is 0 Å². The van der Waals surface area contributed by atoms with E-state index in [2.05, 4.69) is 15.0 Å². The third kappa shape index (κ3) is 2.92. The number of nitrogens with one attached hydrogen (secondary N) is 1. The van der Waals surface area contributed by atoms with Gasteiger partial charge in [-0.1, -0.05) is 11.3 Å². The maximum Gasteiger partial charge on any atom is 0.413 e. The number of carbonyl (C=O) groups excluding carboxylic acids is 1. The van der Waals surface area contributed by atoms with Crippen molar-refractivity contribution in [1.82, 2.24) is 13.6 Å². The van der Waals surface area contributed by atoms with Crippen LogP contribution < -0.4 is 5.32 Å². The quantitative estimate of drug-likeness (QED) is 0.875. The number of amides is 1. The highest BCUT2D eigenvalue weighted by molar-refractivity contribution is 7.86. The molecule has 0 saturated heterocycles. The number of fused-ring (bicyclic) bond motifs is 1. The first kappa shape index (κ1) is 15.2. The first-order chi connectivity index (χ1) is 9.34. The van der Waals surface area contributed by atoms with Gasteiger partial charge in [0.2, 0.25) is 0 Å². The number of methoxy groups -OCH3 is 1. The van der Waals surface area contributed by atoms with Gasteiger partial charge in [0.1, 0.15) is 0 Å². The molecule has 1 aliphatic rings. The van der Waals surface area contributed by atoms with Crippen LogP contribution >= 0.6 is 11.3 Å². The summed E-state index contributed by atoms with van der Waals surface area (Å²) in [5, 5.41) is 2.92. The lowest BCUT2D eigenvalue weighted by Crippen LogP contribution is -2.42.